The summed E-state index contributed by atoms with van der Waals surface area (Å²) in [5, 5.41) is 0. The minimum Gasteiger partial charge on any atom is -0.250 e. The van der Waals surface area contributed by atoms with Gasteiger partial charge in [0.05, 0.1) is 15.2 Å². The van der Waals surface area contributed by atoms with Crippen LogP contribution in [0.1, 0.15) is 37.9 Å². The van der Waals surface area contributed by atoms with Gasteiger partial charge in [-0.2, -0.15) is 26.3 Å². The van der Waals surface area contributed by atoms with Crippen LogP contribution in [-0.4, -0.2) is 32.6 Å². The molecule has 1 aliphatic carbocycles. The highest BCUT2D eigenvalue weighted by molar-refractivity contribution is 7.92. The van der Waals surface area contributed by atoms with E-state index in [1.54, 1.807) is 0 Å². The Bertz CT molecular complexity index is 1270. The molecule has 2 aromatic rings. The Labute approximate surface area is 192 Å². The van der Waals surface area contributed by atoms with Gasteiger partial charge in [0.15, 0.2) is 9.84 Å². The van der Waals surface area contributed by atoms with Gasteiger partial charge in [-0.3, -0.25) is 4.98 Å². The van der Waals surface area contributed by atoms with Gasteiger partial charge in [-0.15, -0.1) is 0 Å². The Balaban J connectivity index is 1.72. The van der Waals surface area contributed by atoms with Gasteiger partial charge < -0.3 is 0 Å². The summed E-state index contributed by atoms with van der Waals surface area (Å²) in [4.78, 5) is 2.13. The molecule has 1 heterocycles. The van der Waals surface area contributed by atoms with Gasteiger partial charge in [0.2, 0.25) is 10.0 Å². The molecule has 6 nitrogen and oxygen atoms in total. The molecule has 1 N–H and O–H groups in total. The summed E-state index contributed by atoms with van der Waals surface area (Å²) < 4.78 is 129. The number of sulfone groups is 1. The number of benzene rings is 1. The van der Waals surface area contributed by atoms with Crippen molar-refractivity contribution in [3.63, 3.8) is 0 Å². The summed E-state index contributed by atoms with van der Waals surface area (Å²) in [6.45, 7) is 2.72. The Hall–Kier alpha value is -2.19. The lowest BCUT2D eigenvalue weighted by Crippen LogP contribution is -2.53. The van der Waals surface area contributed by atoms with E-state index in [0.717, 1.165) is 24.3 Å². The third-order valence-electron chi connectivity index (χ3n) is 5.94. The summed E-state index contributed by atoms with van der Waals surface area (Å²) in [6, 6.07) is 3.99. The second kappa shape index (κ2) is 8.48. The Morgan fingerprint density at radius 2 is 1.50 bits per heavy atom. The van der Waals surface area contributed by atoms with E-state index in [-0.39, 0.29) is 12.8 Å². The average molecular weight is 531 g/mol. The summed E-state index contributed by atoms with van der Waals surface area (Å²) in [5.74, 6) is -0.578. The molecular formula is C20H20F6N2O4S2. The lowest BCUT2D eigenvalue weighted by Gasteiger charge is -2.44. The topological polar surface area (TPSA) is 93.2 Å². The van der Waals surface area contributed by atoms with Gasteiger partial charge in [0.25, 0.3) is 0 Å². The van der Waals surface area contributed by atoms with E-state index in [1.165, 1.54) is 13.8 Å². The Kier molecular flexibility index (Phi) is 6.59. The second-order valence-electron chi connectivity index (χ2n) is 8.50. The van der Waals surface area contributed by atoms with Crippen LogP contribution in [0.2, 0.25) is 0 Å². The number of nitrogens with one attached hydrogen (secondary N) is 1. The van der Waals surface area contributed by atoms with Gasteiger partial charge in [-0.25, -0.2) is 21.6 Å². The molecule has 1 aliphatic rings. The number of sulfonamides is 1. The number of nitrogens with zero attached hydrogens (tertiary/aromatic N) is 1. The van der Waals surface area contributed by atoms with Crippen molar-refractivity contribution in [1.82, 2.24) is 9.71 Å². The maximum absolute atomic E-state index is 13.1. The van der Waals surface area contributed by atoms with Gasteiger partial charge >= 0.3 is 12.4 Å². The maximum Gasteiger partial charge on any atom is 0.433 e. The monoisotopic (exact) mass is 530 g/mol. The lowest BCUT2D eigenvalue weighted by molar-refractivity contribution is -0.141. The van der Waals surface area contributed by atoms with Crippen LogP contribution < -0.4 is 4.72 Å². The van der Waals surface area contributed by atoms with E-state index in [0.29, 0.717) is 18.3 Å². The van der Waals surface area contributed by atoms with Crippen molar-refractivity contribution in [1.29, 1.82) is 0 Å². The normalized spacial score (nSPS) is 20.1. The van der Waals surface area contributed by atoms with Crippen molar-refractivity contribution in [2.24, 2.45) is 5.92 Å². The van der Waals surface area contributed by atoms with Crippen LogP contribution >= 0.6 is 0 Å². The molecule has 0 atom stereocenters. The number of rotatable bonds is 6. The van der Waals surface area contributed by atoms with E-state index in [2.05, 4.69) is 9.71 Å². The predicted molar refractivity (Wildman–Crippen MR) is 109 cm³/mol. The molecule has 1 saturated carbocycles. The fourth-order valence-corrected chi connectivity index (χ4v) is 6.62. The zero-order valence-electron chi connectivity index (χ0n) is 17.8. The number of alkyl halides is 6. The summed E-state index contributed by atoms with van der Waals surface area (Å²) >= 11 is 0. The molecule has 0 saturated heterocycles. The van der Waals surface area contributed by atoms with E-state index < -0.39 is 70.0 Å². The molecule has 0 spiro atoms. The quantitative estimate of drug-likeness (QED) is 0.558. The van der Waals surface area contributed by atoms with Crippen LogP contribution in [-0.2, 0) is 32.2 Å². The zero-order valence-corrected chi connectivity index (χ0v) is 19.4. The van der Waals surface area contributed by atoms with Crippen LogP contribution in [0.15, 0.2) is 52.4 Å². The van der Waals surface area contributed by atoms with E-state index >= 15 is 0 Å². The van der Waals surface area contributed by atoms with Crippen molar-refractivity contribution in [2.45, 2.75) is 59.6 Å². The molecule has 1 aromatic carbocycles. The molecule has 0 aliphatic heterocycles. The lowest BCUT2D eigenvalue weighted by atomic mass is 9.73. The minimum atomic E-state index is -4.73. The number of aromatic nitrogens is 1. The third-order valence-corrected chi connectivity index (χ3v) is 10.0. The number of halogens is 6. The highest BCUT2D eigenvalue weighted by Crippen LogP contribution is 2.44. The molecule has 34 heavy (non-hydrogen) atoms. The molecule has 1 aromatic heterocycles. The molecule has 14 heteroatoms. The third kappa shape index (κ3) is 5.08. The van der Waals surface area contributed by atoms with Crippen molar-refractivity contribution >= 4 is 19.9 Å². The van der Waals surface area contributed by atoms with Crippen molar-refractivity contribution in [3.05, 3.63) is 53.9 Å². The molecule has 0 unspecified atom stereocenters. The van der Waals surface area contributed by atoms with Gasteiger partial charge in [0.1, 0.15) is 10.6 Å². The van der Waals surface area contributed by atoms with Gasteiger partial charge in [-0.1, -0.05) is 6.07 Å². The first-order valence-corrected chi connectivity index (χ1v) is 12.8. The Morgan fingerprint density at radius 3 is 2.00 bits per heavy atom. The molecule has 0 amide bonds. The standard InChI is InChI=1S/C20H20F6N2O4S2/c1-18(2,33(29,30)15-5-3-4-12(10-15)19(21,22)23)13-8-14(9-13)28-34(31,32)16-6-7-17(27-11-16)20(24,25)26/h3-7,10-11,13-14,28H,8-9H2,1-2H3/t13-,14+. The molecule has 1 fully saturated rings. The molecule has 0 bridgehead atoms. The molecule has 3 rings (SSSR count). The van der Waals surface area contributed by atoms with Crippen LogP contribution in [0, 0.1) is 5.92 Å². The largest absolute Gasteiger partial charge is 0.433 e. The van der Waals surface area contributed by atoms with Gasteiger partial charge in [-0.05, 0) is 62.9 Å². The summed E-state index contributed by atoms with van der Waals surface area (Å²) in [5.41, 5.74) is -2.36. The first kappa shape index (κ1) is 26.4. The van der Waals surface area contributed by atoms with Crippen LogP contribution in [0.25, 0.3) is 0 Å². The zero-order chi connectivity index (χ0) is 25.7. The fourth-order valence-electron chi connectivity index (χ4n) is 3.64. The first-order chi connectivity index (χ1) is 15.4. The highest BCUT2D eigenvalue weighted by atomic mass is 32.2. The molecular weight excluding hydrogens is 510 g/mol. The predicted octanol–water partition coefficient (Wildman–Crippen LogP) is 4.43. The number of hydrogen-bond donors (Lipinski definition) is 1. The van der Waals surface area contributed by atoms with Crippen molar-refractivity contribution < 1.29 is 43.2 Å². The van der Waals surface area contributed by atoms with E-state index in [4.69, 9.17) is 0 Å². The van der Waals surface area contributed by atoms with Crippen molar-refractivity contribution in [2.75, 3.05) is 0 Å². The minimum absolute atomic E-state index is 0.0679. The summed E-state index contributed by atoms with van der Waals surface area (Å²) in [7, 11) is -8.43. The average Bonchev–Trinajstić information content (AvgIpc) is 2.69. The van der Waals surface area contributed by atoms with Crippen LogP contribution in [0.3, 0.4) is 0 Å². The van der Waals surface area contributed by atoms with Gasteiger partial charge in [0, 0.05) is 12.2 Å². The molecule has 188 valence electrons. The molecule has 0 radical (unpaired) electrons. The van der Waals surface area contributed by atoms with Crippen LogP contribution in [0.4, 0.5) is 26.3 Å². The number of pyridine rings is 1. The highest BCUT2D eigenvalue weighted by Gasteiger charge is 2.49. The number of hydrogen-bond acceptors (Lipinski definition) is 5. The Morgan fingerprint density at radius 1 is 0.882 bits per heavy atom. The van der Waals surface area contributed by atoms with E-state index in [1.807, 2.05) is 0 Å². The SMILES string of the molecule is CC(C)([C@H]1C[C@@H](NS(=O)(=O)c2ccc(C(F)(F)F)nc2)C1)S(=O)(=O)c1cccc(C(F)(F)F)c1. The maximum atomic E-state index is 13.1. The fraction of sp³-hybridized carbons (Fsp3) is 0.450. The summed E-state index contributed by atoms with van der Waals surface area (Å²) in [6.07, 6.45) is -8.74. The van der Waals surface area contributed by atoms with E-state index in [9.17, 15) is 43.2 Å². The second-order valence-corrected chi connectivity index (χ2v) is 12.7. The van der Waals surface area contributed by atoms with Crippen molar-refractivity contribution in [3.8, 4) is 0 Å². The van der Waals surface area contributed by atoms with Crippen LogP contribution in [0.5, 0.6) is 0 Å². The smallest absolute Gasteiger partial charge is 0.250 e. The first-order valence-electron chi connectivity index (χ1n) is 9.83.